The van der Waals surface area contributed by atoms with Crippen molar-refractivity contribution >= 4 is 43.8 Å². The van der Waals surface area contributed by atoms with E-state index in [0.717, 1.165) is 30.7 Å². The van der Waals surface area contributed by atoms with Gasteiger partial charge in [-0.1, -0.05) is 35.8 Å². The third kappa shape index (κ3) is 5.28. The molecule has 1 atom stereocenters. The molecule has 0 bridgehead atoms. The van der Waals surface area contributed by atoms with Crippen LogP contribution in [0.5, 0.6) is 0 Å². The Kier molecular flexibility index (Phi) is 6.19. The highest BCUT2D eigenvalue weighted by atomic mass is 35.5. The van der Waals surface area contributed by atoms with Gasteiger partial charge in [-0.15, -0.1) is 0 Å². The number of anilines is 2. The van der Waals surface area contributed by atoms with Crippen LogP contribution in [-0.2, 0) is 10.0 Å². The molecule has 0 aliphatic heterocycles. The largest absolute Gasteiger partial charge is 0.382 e. The minimum atomic E-state index is -4.28. The van der Waals surface area contributed by atoms with Crippen molar-refractivity contribution in [1.82, 2.24) is 10.3 Å². The lowest BCUT2D eigenvalue weighted by Gasteiger charge is -2.18. The molecule has 148 valence electrons. The zero-order valence-electron chi connectivity index (χ0n) is 14.4. The maximum atomic E-state index is 14.4. The molecule has 6 nitrogen and oxygen atoms in total. The van der Waals surface area contributed by atoms with Crippen LogP contribution in [0.3, 0.4) is 0 Å². The van der Waals surface area contributed by atoms with Crippen molar-refractivity contribution in [2.45, 2.75) is 30.2 Å². The summed E-state index contributed by atoms with van der Waals surface area (Å²) in [4.78, 5) is 2.93. The molecule has 3 N–H and O–H groups in total. The summed E-state index contributed by atoms with van der Waals surface area (Å²) >= 11 is 6.65. The van der Waals surface area contributed by atoms with Gasteiger partial charge in [-0.05, 0) is 31.5 Å². The fourth-order valence-corrected chi connectivity index (χ4v) is 4.80. The van der Waals surface area contributed by atoms with E-state index >= 15 is 0 Å². The molecular weight excluding hydrogens is 418 g/mol. The van der Waals surface area contributed by atoms with Gasteiger partial charge < -0.3 is 10.6 Å². The second-order valence-corrected chi connectivity index (χ2v) is 9.42. The third-order valence-corrected chi connectivity index (χ3v) is 6.77. The first-order valence-electron chi connectivity index (χ1n) is 8.33. The lowest BCUT2D eigenvalue weighted by molar-refractivity contribution is 0.511. The number of rotatable bonds is 9. The van der Waals surface area contributed by atoms with E-state index in [1.807, 2.05) is 11.8 Å². The highest BCUT2D eigenvalue weighted by molar-refractivity contribution is 7.93. The molecule has 1 aliphatic rings. The van der Waals surface area contributed by atoms with Gasteiger partial charge in [0.2, 0.25) is 0 Å². The summed E-state index contributed by atoms with van der Waals surface area (Å²) in [5.74, 6) is -0.236. The minimum Gasteiger partial charge on any atom is -0.382 e. The van der Waals surface area contributed by atoms with Crippen molar-refractivity contribution in [2.75, 3.05) is 23.6 Å². The van der Waals surface area contributed by atoms with E-state index in [0.29, 0.717) is 23.6 Å². The Morgan fingerprint density at radius 1 is 1.37 bits per heavy atom. The Labute approximate surface area is 165 Å². The summed E-state index contributed by atoms with van der Waals surface area (Å²) in [6, 6.07) is 2.28. The van der Waals surface area contributed by atoms with Crippen LogP contribution in [-0.4, -0.2) is 33.0 Å². The number of nitrogens with one attached hydrogen (secondary N) is 3. The summed E-state index contributed by atoms with van der Waals surface area (Å²) in [7, 11) is -2.42. The molecule has 1 heterocycles. The van der Waals surface area contributed by atoms with Crippen molar-refractivity contribution in [3.63, 3.8) is 0 Å². The van der Waals surface area contributed by atoms with Crippen molar-refractivity contribution < 1.29 is 17.2 Å². The van der Waals surface area contributed by atoms with Gasteiger partial charge in [-0.2, -0.15) is 4.39 Å². The SMILES string of the molecule is CN[C@H](CNc1cc(F)c(S(=O)(=O)Nc2ncc(F)s2)cc1Cl)CC1CC1. The normalized spacial score (nSPS) is 15.6. The van der Waals surface area contributed by atoms with Crippen molar-refractivity contribution in [1.29, 1.82) is 0 Å². The van der Waals surface area contributed by atoms with E-state index in [4.69, 9.17) is 11.6 Å². The Balaban J connectivity index is 1.73. The van der Waals surface area contributed by atoms with Crippen LogP contribution in [0.1, 0.15) is 19.3 Å². The summed E-state index contributed by atoms with van der Waals surface area (Å²) in [5.41, 5.74) is 0.310. The van der Waals surface area contributed by atoms with E-state index in [1.54, 1.807) is 0 Å². The first-order chi connectivity index (χ1) is 12.8. The van der Waals surface area contributed by atoms with Gasteiger partial charge in [0.1, 0.15) is 10.7 Å². The van der Waals surface area contributed by atoms with Gasteiger partial charge in [0.25, 0.3) is 10.0 Å². The van der Waals surface area contributed by atoms with Crippen molar-refractivity contribution in [3.8, 4) is 0 Å². The number of aromatic nitrogens is 1. The maximum Gasteiger partial charge on any atom is 0.266 e. The smallest absolute Gasteiger partial charge is 0.266 e. The van der Waals surface area contributed by atoms with Crippen LogP contribution < -0.4 is 15.4 Å². The molecule has 0 unspecified atom stereocenters. The van der Waals surface area contributed by atoms with Gasteiger partial charge in [-0.3, -0.25) is 4.72 Å². The second-order valence-electron chi connectivity index (χ2n) is 6.38. The van der Waals surface area contributed by atoms with Crippen LogP contribution in [0.4, 0.5) is 19.6 Å². The monoisotopic (exact) mass is 436 g/mol. The average molecular weight is 437 g/mol. The number of likely N-dealkylation sites (N-methyl/N-ethyl adjacent to an activating group) is 1. The number of sulfonamides is 1. The molecule has 0 saturated heterocycles. The first kappa shape index (κ1) is 20.2. The number of benzene rings is 1. The van der Waals surface area contributed by atoms with Gasteiger partial charge >= 0.3 is 0 Å². The topological polar surface area (TPSA) is 83.1 Å². The molecule has 11 heteroatoms. The lowest BCUT2D eigenvalue weighted by Crippen LogP contribution is -2.33. The lowest BCUT2D eigenvalue weighted by atomic mass is 10.1. The van der Waals surface area contributed by atoms with E-state index in [-0.39, 0.29) is 16.2 Å². The molecule has 2 aromatic rings. The molecule has 3 rings (SSSR count). The molecule has 0 radical (unpaired) electrons. The number of halogens is 3. The van der Waals surface area contributed by atoms with Crippen molar-refractivity contribution in [2.24, 2.45) is 5.92 Å². The van der Waals surface area contributed by atoms with Gasteiger partial charge in [0, 0.05) is 12.6 Å². The fourth-order valence-electron chi connectivity index (χ4n) is 2.63. The van der Waals surface area contributed by atoms with Crippen LogP contribution in [0.25, 0.3) is 0 Å². The van der Waals surface area contributed by atoms with Crippen LogP contribution in [0, 0.1) is 16.9 Å². The predicted molar refractivity (Wildman–Crippen MR) is 103 cm³/mol. The Bertz CT molecular complexity index is 919. The Morgan fingerprint density at radius 2 is 2.11 bits per heavy atom. The first-order valence-corrected chi connectivity index (χ1v) is 11.0. The summed E-state index contributed by atoms with van der Waals surface area (Å²) in [6.07, 6.45) is 4.36. The summed E-state index contributed by atoms with van der Waals surface area (Å²) < 4.78 is 54.1. The van der Waals surface area contributed by atoms with Crippen LogP contribution in [0.2, 0.25) is 5.02 Å². The highest BCUT2D eigenvalue weighted by Crippen LogP contribution is 2.34. The van der Waals surface area contributed by atoms with Crippen LogP contribution >= 0.6 is 22.9 Å². The van der Waals surface area contributed by atoms with Crippen LogP contribution in [0.15, 0.2) is 23.2 Å². The quantitative estimate of drug-likeness (QED) is 0.558. The number of thiazole rings is 1. The van der Waals surface area contributed by atoms with Gasteiger partial charge in [0.15, 0.2) is 10.3 Å². The maximum absolute atomic E-state index is 14.4. The Morgan fingerprint density at radius 3 is 2.70 bits per heavy atom. The summed E-state index contributed by atoms with van der Waals surface area (Å²) in [5, 5.41) is 5.48. The molecule has 1 saturated carbocycles. The number of nitrogens with zero attached hydrogens (tertiary/aromatic N) is 1. The van der Waals surface area contributed by atoms with E-state index in [2.05, 4.69) is 15.6 Å². The fraction of sp³-hybridized carbons (Fsp3) is 0.438. The molecule has 0 amide bonds. The van der Waals surface area contributed by atoms with E-state index < -0.39 is 25.9 Å². The highest BCUT2D eigenvalue weighted by Gasteiger charge is 2.26. The third-order valence-electron chi connectivity index (χ3n) is 4.27. The van der Waals surface area contributed by atoms with Crippen molar-refractivity contribution in [3.05, 3.63) is 34.3 Å². The summed E-state index contributed by atoms with van der Waals surface area (Å²) in [6.45, 7) is 0.537. The predicted octanol–water partition coefficient (Wildman–Crippen LogP) is 3.68. The number of hydrogen-bond donors (Lipinski definition) is 3. The Hall–Kier alpha value is -1.49. The van der Waals surface area contributed by atoms with E-state index in [1.165, 1.54) is 12.8 Å². The van der Waals surface area contributed by atoms with Gasteiger partial charge in [-0.25, -0.2) is 17.8 Å². The number of hydrogen-bond acceptors (Lipinski definition) is 6. The molecule has 0 spiro atoms. The second kappa shape index (κ2) is 8.26. The average Bonchev–Trinajstić information content (AvgIpc) is 3.34. The zero-order chi connectivity index (χ0) is 19.6. The molecule has 1 fully saturated rings. The minimum absolute atomic E-state index is 0.0726. The molecule has 27 heavy (non-hydrogen) atoms. The molecule has 1 aliphatic carbocycles. The standard InChI is InChI=1S/C16H19ClF2N4O2S2/c1-20-10(4-9-2-3-9)7-21-13-6-12(18)14(5-11(13)17)27(24,25)23-16-22-8-15(19)26-16/h5-6,8-10,20-21H,2-4,7H2,1H3,(H,22,23)/t10-/m0/s1. The van der Waals surface area contributed by atoms with E-state index in [9.17, 15) is 17.2 Å². The van der Waals surface area contributed by atoms with Gasteiger partial charge in [0.05, 0.1) is 16.9 Å². The molecule has 1 aromatic heterocycles. The molecule has 1 aromatic carbocycles. The zero-order valence-corrected chi connectivity index (χ0v) is 16.8. The molecular formula is C16H19ClF2N4O2S2.